The summed E-state index contributed by atoms with van der Waals surface area (Å²) in [6.45, 7) is 7.30. The maximum Gasteiger partial charge on any atom is 0.472 e. The Morgan fingerprint density at radius 2 is 0.495 bits per heavy atom. The summed E-state index contributed by atoms with van der Waals surface area (Å²) < 4.78 is 68.4. The van der Waals surface area contributed by atoms with Crippen molar-refractivity contribution in [1.29, 1.82) is 0 Å². The van der Waals surface area contributed by atoms with Crippen molar-refractivity contribution in [3.8, 4) is 0 Å². The molecule has 0 aromatic carbocycles. The Balaban J connectivity index is 5.24. The number of hydrogen-bond donors (Lipinski definition) is 3. The number of unbranched alkanes of at least 4 members (excludes halogenated alkanes) is 46. The van der Waals surface area contributed by atoms with Gasteiger partial charge in [-0.2, -0.15) is 0 Å². The van der Waals surface area contributed by atoms with E-state index < -0.39 is 97.5 Å². The molecule has 19 heteroatoms. The van der Waals surface area contributed by atoms with Gasteiger partial charge in [0.1, 0.15) is 19.3 Å². The van der Waals surface area contributed by atoms with E-state index in [1.165, 1.54) is 212 Å². The Morgan fingerprint density at radius 3 is 0.731 bits per heavy atom. The molecule has 93 heavy (non-hydrogen) atoms. The van der Waals surface area contributed by atoms with Gasteiger partial charge in [0.15, 0.2) is 12.2 Å². The van der Waals surface area contributed by atoms with Crippen LogP contribution >= 0.6 is 15.6 Å². The third kappa shape index (κ3) is 68.4. The van der Waals surface area contributed by atoms with Crippen molar-refractivity contribution in [3.05, 3.63) is 0 Å². The first-order valence-electron chi connectivity index (χ1n) is 38.6. The lowest BCUT2D eigenvalue weighted by atomic mass is 10.0. The number of hydrogen-bond acceptors (Lipinski definition) is 15. The van der Waals surface area contributed by atoms with Crippen LogP contribution < -0.4 is 0 Å². The van der Waals surface area contributed by atoms with Crippen LogP contribution in [0.5, 0.6) is 0 Å². The maximum absolute atomic E-state index is 13.1. The minimum Gasteiger partial charge on any atom is -0.462 e. The van der Waals surface area contributed by atoms with Crippen molar-refractivity contribution in [1.82, 2.24) is 0 Å². The molecular formula is C74H144O17P2. The second-order valence-corrected chi connectivity index (χ2v) is 30.1. The standard InChI is InChI=1S/C74H144O17P2/c1-6-9-12-15-18-21-24-26-30-34-38-43-48-53-58-72(77)85-64-70(91-74(79)60-55-50-45-40-35-31-28-27-29-32-36-41-46-51-56-67(4)5)66-89-93(82,83)87-62-68(75)61-86-92(80,81)88-65-69(63-84-71(76)57-52-47-42-37-23-20-17-14-11-8-3)90-73(78)59-54-49-44-39-33-25-22-19-16-13-10-7-2/h67-70,75H,6-66H2,1-5H3,(H,80,81)(H,82,83)/t68-,69+,70+/m0/s1. The number of aliphatic hydroxyl groups excluding tert-OH is 1. The number of carbonyl (C=O) groups excluding carboxylic acids is 4. The third-order valence-electron chi connectivity index (χ3n) is 17.3. The Hall–Kier alpha value is -1.94. The lowest BCUT2D eigenvalue weighted by Crippen LogP contribution is -2.30. The van der Waals surface area contributed by atoms with E-state index in [0.29, 0.717) is 25.7 Å². The number of carbonyl (C=O) groups is 4. The van der Waals surface area contributed by atoms with Gasteiger partial charge >= 0.3 is 39.5 Å². The first-order chi connectivity index (χ1) is 45.0. The molecule has 0 aliphatic heterocycles. The van der Waals surface area contributed by atoms with Crippen molar-refractivity contribution in [2.24, 2.45) is 5.92 Å². The summed E-state index contributed by atoms with van der Waals surface area (Å²) in [5, 5.41) is 10.6. The van der Waals surface area contributed by atoms with Crippen molar-refractivity contribution in [3.63, 3.8) is 0 Å². The van der Waals surface area contributed by atoms with Gasteiger partial charge in [0, 0.05) is 25.7 Å². The highest BCUT2D eigenvalue weighted by Crippen LogP contribution is 2.45. The van der Waals surface area contributed by atoms with Crippen LogP contribution in [0.25, 0.3) is 0 Å². The van der Waals surface area contributed by atoms with E-state index in [0.717, 1.165) is 95.8 Å². The largest absolute Gasteiger partial charge is 0.472 e. The first kappa shape index (κ1) is 91.1. The average Bonchev–Trinajstić information content (AvgIpc) is 3.67. The van der Waals surface area contributed by atoms with Crippen molar-refractivity contribution in [2.75, 3.05) is 39.6 Å². The average molecular weight is 1370 g/mol. The number of phosphoric acid groups is 2. The molecule has 552 valence electrons. The molecule has 0 heterocycles. The van der Waals surface area contributed by atoms with E-state index in [1.807, 2.05) is 0 Å². The van der Waals surface area contributed by atoms with Gasteiger partial charge < -0.3 is 33.8 Å². The highest BCUT2D eigenvalue weighted by Gasteiger charge is 2.30. The molecule has 0 aliphatic carbocycles. The molecular weight excluding hydrogens is 1220 g/mol. The fourth-order valence-electron chi connectivity index (χ4n) is 11.4. The minimum absolute atomic E-state index is 0.108. The third-order valence-corrected chi connectivity index (χ3v) is 19.2. The normalized spacial score (nSPS) is 14.0. The van der Waals surface area contributed by atoms with E-state index in [-0.39, 0.29) is 25.7 Å². The van der Waals surface area contributed by atoms with E-state index in [9.17, 15) is 43.2 Å². The summed E-state index contributed by atoms with van der Waals surface area (Å²) in [7, 11) is -9.90. The van der Waals surface area contributed by atoms with E-state index >= 15 is 0 Å². The second-order valence-electron chi connectivity index (χ2n) is 27.2. The minimum atomic E-state index is -4.95. The summed E-state index contributed by atoms with van der Waals surface area (Å²) in [4.78, 5) is 72.7. The molecule has 0 radical (unpaired) electrons. The molecule has 2 unspecified atom stereocenters. The molecule has 17 nitrogen and oxygen atoms in total. The molecule has 0 aromatic rings. The SMILES string of the molecule is CCCCCCCCCCCCCCCCC(=O)OC[C@H](COP(=O)(O)OC[C@@H](O)COP(=O)(O)OC[C@@H](COC(=O)CCCCCCCCCCCC)OC(=O)CCCCCCCCCCCCCC)OC(=O)CCCCCCCCCCCCCCCCC(C)C. The summed E-state index contributed by atoms with van der Waals surface area (Å²) in [5.41, 5.74) is 0. The zero-order valence-corrected chi connectivity index (χ0v) is 62.2. The fraction of sp³-hybridized carbons (Fsp3) is 0.946. The number of aliphatic hydroxyl groups is 1. The molecule has 0 aromatic heterocycles. The molecule has 0 fully saturated rings. The van der Waals surface area contributed by atoms with Gasteiger partial charge in [-0.05, 0) is 31.6 Å². The molecule has 3 N–H and O–H groups in total. The topological polar surface area (TPSA) is 237 Å². The van der Waals surface area contributed by atoms with Crippen LogP contribution in [0, 0.1) is 5.92 Å². The lowest BCUT2D eigenvalue weighted by Gasteiger charge is -2.21. The van der Waals surface area contributed by atoms with Gasteiger partial charge in [0.25, 0.3) is 0 Å². The van der Waals surface area contributed by atoms with E-state index in [2.05, 4.69) is 34.6 Å². The number of ether oxygens (including phenoxy) is 4. The van der Waals surface area contributed by atoms with E-state index in [1.54, 1.807) is 0 Å². The smallest absolute Gasteiger partial charge is 0.462 e. The van der Waals surface area contributed by atoms with Gasteiger partial charge in [-0.1, -0.05) is 336 Å². The number of phosphoric ester groups is 2. The quantitative estimate of drug-likeness (QED) is 0.0222. The molecule has 0 amide bonds. The first-order valence-corrected chi connectivity index (χ1v) is 41.6. The van der Waals surface area contributed by atoms with Gasteiger partial charge in [0.05, 0.1) is 26.4 Å². The molecule has 0 aliphatic rings. The van der Waals surface area contributed by atoms with Gasteiger partial charge in [0.2, 0.25) is 0 Å². The lowest BCUT2D eigenvalue weighted by molar-refractivity contribution is -0.161. The number of rotatable bonds is 74. The molecule has 0 saturated heterocycles. The van der Waals surface area contributed by atoms with Crippen molar-refractivity contribution < 1.29 is 80.2 Å². The summed E-state index contributed by atoms with van der Waals surface area (Å²) in [6.07, 6.45) is 55.3. The Morgan fingerprint density at radius 1 is 0.290 bits per heavy atom. The predicted molar refractivity (Wildman–Crippen MR) is 377 cm³/mol. The molecule has 0 saturated carbocycles. The second kappa shape index (κ2) is 67.3. The summed E-state index contributed by atoms with van der Waals surface area (Å²) in [5.74, 6) is -1.32. The number of esters is 4. The van der Waals surface area contributed by atoms with Crippen LogP contribution in [-0.2, 0) is 65.4 Å². The van der Waals surface area contributed by atoms with Crippen molar-refractivity contribution in [2.45, 2.75) is 406 Å². The molecule has 5 atom stereocenters. The predicted octanol–water partition coefficient (Wildman–Crippen LogP) is 21.7. The van der Waals surface area contributed by atoms with Crippen LogP contribution in [0.3, 0.4) is 0 Å². The van der Waals surface area contributed by atoms with Gasteiger partial charge in [-0.15, -0.1) is 0 Å². The van der Waals surface area contributed by atoms with Crippen LogP contribution in [0.1, 0.15) is 388 Å². The monoisotopic (exact) mass is 1370 g/mol. The zero-order valence-electron chi connectivity index (χ0n) is 60.4. The summed E-state index contributed by atoms with van der Waals surface area (Å²) in [6, 6.07) is 0. The highest BCUT2D eigenvalue weighted by atomic mass is 31.2. The van der Waals surface area contributed by atoms with Crippen LogP contribution in [0.2, 0.25) is 0 Å². The molecule has 0 spiro atoms. The van der Waals surface area contributed by atoms with Crippen LogP contribution in [0.15, 0.2) is 0 Å². The zero-order chi connectivity index (χ0) is 68.4. The fourth-order valence-corrected chi connectivity index (χ4v) is 12.9. The van der Waals surface area contributed by atoms with Crippen LogP contribution in [0.4, 0.5) is 0 Å². The highest BCUT2D eigenvalue weighted by molar-refractivity contribution is 7.47. The van der Waals surface area contributed by atoms with Gasteiger partial charge in [-0.25, -0.2) is 9.13 Å². The Kier molecular flexibility index (Phi) is 65.9. The Labute approximate surface area is 568 Å². The molecule has 0 rings (SSSR count). The summed E-state index contributed by atoms with van der Waals surface area (Å²) >= 11 is 0. The van der Waals surface area contributed by atoms with Crippen molar-refractivity contribution >= 4 is 39.5 Å². The maximum atomic E-state index is 13.1. The van der Waals surface area contributed by atoms with Gasteiger partial charge in [-0.3, -0.25) is 37.3 Å². The molecule has 0 bridgehead atoms. The van der Waals surface area contributed by atoms with Crippen LogP contribution in [-0.4, -0.2) is 96.7 Å². The van der Waals surface area contributed by atoms with E-state index in [4.69, 9.17) is 37.0 Å². The Bertz CT molecular complexity index is 1790.